The van der Waals surface area contributed by atoms with E-state index in [1.165, 1.54) is 6.92 Å². The number of hydrogen-bond donors (Lipinski definition) is 7. The summed E-state index contributed by atoms with van der Waals surface area (Å²) in [6.07, 6.45) is 0.812. The first-order chi connectivity index (χ1) is 21.2. The predicted octanol–water partition coefficient (Wildman–Crippen LogP) is -3.38. The van der Waals surface area contributed by atoms with Crippen LogP contribution in [0.2, 0.25) is 0 Å². The number of Topliss-reactive ketones (excluding diaryl/α,β-unsaturated/α-hetero) is 1. The van der Waals surface area contributed by atoms with Gasteiger partial charge in [0.25, 0.3) is 0 Å². The number of carboxylic acids is 4. The van der Waals surface area contributed by atoms with Crippen LogP contribution in [-0.2, 0) is 33.6 Å². The van der Waals surface area contributed by atoms with Crippen LogP contribution in [0.25, 0.3) is 0 Å². The summed E-state index contributed by atoms with van der Waals surface area (Å²) < 4.78 is 0. The Morgan fingerprint density at radius 3 is 1.40 bits per heavy atom. The molecular formula is C27H47N7O11. The van der Waals surface area contributed by atoms with E-state index in [2.05, 4.69) is 10.6 Å². The lowest BCUT2D eigenvalue weighted by Crippen LogP contribution is -2.52. The Morgan fingerprint density at radius 1 is 0.644 bits per heavy atom. The maximum absolute atomic E-state index is 13.0. The van der Waals surface area contributed by atoms with E-state index in [0.717, 1.165) is 0 Å². The molecule has 1 heterocycles. The number of nitrogens with one attached hydrogen (secondary N) is 2. The molecule has 1 aliphatic rings. The summed E-state index contributed by atoms with van der Waals surface area (Å²) in [6, 6.07) is -1.96. The largest absolute Gasteiger partial charge is 0.481 e. The average molecular weight is 646 g/mol. The first kappa shape index (κ1) is 39.3. The van der Waals surface area contributed by atoms with Gasteiger partial charge in [-0.2, -0.15) is 0 Å². The van der Waals surface area contributed by atoms with Gasteiger partial charge < -0.3 is 36.8 Å². The highest BCUT2D eigenvalue weighted by Crippen LogP contribution is 2.03. The summed E-state index contributed by atoms with van der Waals surface area (Å²) in [5.41, 5.74) is 5.69. The van der Waals surface area contributed by atoms with Crippen LogP contribution in [0.1, 0.15) is 32.6 Å². The summed E-state index contributed by atoms with van der Waals surface area (Å²) in [5, 5.41) is 42.3. The highest BCUT2D eigenvalue weighted by atomic mass is 16.4. The molecule has 1 saturated heterocycles. The van der Waals surface area contributed by atoms with Gasteiger partial charge in [0.15, 0.2) is 0 Å². The second kappa shape index (κ2) is 21.1. The van der Waals surface area contributed by atoms with E-state index in [1.54, 1.807) is 19.6 Å². The molecule has 18 nitrogen and oxygen atoms in total. The van der Waals surface area contributed by atoms with Crippen molar-refractivity contribution in [1.29, 1.82) is 0 Å². The van der Waals surface area contributed by atoms with Crippen molar-refractivity contribution in [2.45, 2.75) is 44.7 Å². The van der Waals surface area contributed by atoms with Crippen LogP contribution >= 0.6 is 0 Å². The molecule has 0 aromatic heterocycles. The fourth-order valence-corrected chi connectivity index (χ4v) is 4.64. The summed E-state index contributed by atoms with van der Waals surface area (Å²) >= 11 is 0. The van der Waals surface area contributed by atoms with Crippen molar-refractivity contribution in [2.24, 2.45) is 5.73 Å². The molecule has 0 aliphatic carbocycles. The van der Waals surface area contributed by atoms with Crippen molar-refractivity contribution in [3.63, 3.8) is 0 Å². The van der Waals surface area contributed by atoms with Crippen molar-refractivity contribution in [1.82, 2.24) is 30.2 Å². The van der Waals surface area contributed by atoms with E-state index < -0.39 is 54.2 Å². The number of carbonyl (C=O) groups is 7. The van der Waals surface area contributed by atoms with E-state index in [1.807, 2.05) is 0 Å². The van der Waals surface area contributed by atoms with E-state index in [0.29, 0.717) is 19.3 Å². The average Bonchev–Trinajstić information content (AvgIpc) is 2.92. The first-order valence-electron chi connectivity index (χ1n) is 14.8. The Labute approximate surface area is 261 Å². The molecule has 45 heavy (non-hydrogen) atoms. The summed E-state index contributed by atoms with van der Waals surface area (Å²) in [6.45, 7) is 1.93. The van der Waals surface area contributed by atoms with Crippen molar-refractivity contribution >= 4 is 41.5 Å². The molecule has 1 rings (SSSR count). The molecule has 0 unspecified atom stereocenters. The number of nitrogens with zero attached hydrogens (tertiary/aromatic N) is 4. The molecular weight excluding hydrogens is 598 g/mol. The predicted molar refractivity (Wildman–Crippen MR) is 158 cm³/mol. The SMILES string of the molecule is CC(=O)[C@@H](N)CCCCNC(=O)[C@@H](CC(=O)O)NC(=O)CN1CCN(CC(=O)O)CCN(CC(=O)O)CCN(CC(=O)O)CC1. The topological polar surface area (TPSA) is 263 Å². The molecule has 0 spiro atoms. The van der Waals surface area contributed by atoms with Crippen LogP contribution in [0.3, 0.4) is 0 Å². The van der Waals surface area contributed by atoms with Crippen LogP contribution in [0.4, 0.5) is 0 Å². The van der Waals surface area contributed by atoms with Crippen molar-refractivity contribution in [3.05, 3.63) is 0 Å². The number of carbonyl (C=O) groups excluding carboxylic acids is 3. The highest BCUT2D eigenvalue weighted by Gasteiger charge is 2.26. The minimum atomic E-state index is -1.37. The lowest BCUT2D eigenvalue weighted by molar-refractivity contribution is -0.141. The number of ketones is 1. The Hall–Kier alpha value is -3.71. The molecule has 0 bridgehead atoms. The van der Waals surface area contributed by atoms with Crippen LogP contribution in [-0.4, -0.2) is 179 Å². The number of nitrogens with two attached hydrogens (primary N) is 1. The number of carboxylic acid groups (broad SMARTS) is 4. The fraction of sp³-hybridized carbons (Fsp3) is 0.741. The minimum Gasteiger partial charge on any atom is -0.481 e. The van der Waals surface area contributed by atoms with E-state index in [4.69, 9.17) is 5.73 Å². The summed E-state index contributed by atoms with van der Waals surface area (Å²) in [5.74, 6) is -6.05. The fourth-order valence-electron chi connectivity index (χ4n) is 4.64. The normalized spacial score (nSPS) is 17.6. The number of amides is 2. The summed E-state index contributed by atoms with van der Waals surface area (Å²) in [7, 11) is 0. The molecule has 0 saturated carbocycles. The van der Waals surface area contributed by atoms with E-state index in [-0.39, 0.29) is 90.9 Å². The Balaban J connectivity index is 2.93. The molecule has 0 aromatic carbocycles. The number of hydrogen-bond acceptors (Lipinski definition) is 12. The van der Waals surface area contributed by atoms with Crippen LogP contribution in [0.15, 0.2) is 0 Å². The Bertz CT molecular complexity index is 997. The maximum Gasteiger partial charge on any atom is 0.317 e. The zero-order valence-corrected chi connectivity index (χ0v) is 25.7. The molecule has 18 heteroatoms. The van der Waals surface area contributed by atoms with E-state index in [9.17, 15) is 54.0 Å². The van der Waals surface area contributed by atoms with Gasteiger partial charge in [-0.1, -0.05) is 0 Å². The highest BCUT2D eigenvalue weighted by molar-refractivity contribution is 5.91. The van der Waals surface area contributed by atoms with Gasteiger partial charge in [-0.3, -0.25) is 53.2 Å². The van der Waals surface area contributed by atoms with Gasteiger partial charge in [-0.05, 0) is 26.2 Å². The molecule has 256 valence electrons. The Kier molecular flexibility index (Phi) is 18.4. The molecule has 1 fully saturated rings. The van der Waals surface area contributed by atoms with Crippen LogP contribution in [0, 0.1) is 0 Å². The second-order valence-corrected chi connectivity index (χ2v) is 11.0. The zero-order chi connectivity index (χ0) is 33.9. The first-order valence-corrected chi connectivity index (χ1v) is 14.8. The van der Waals surface area contributed by atoms with Crippen molar-refractivity contribution in [2.75, 3.05) is 85.1 Å². The molecule has 1 aliphatic heterocycles. The van der Waals surface area contributed by atoms with Gasteiger partial charge in [0.1, 0.15) is 11.8 Å². The Morgan fingerprint density at radius 2 is 1.04 bits per heavy atom. The van der Waals surface area contributed by atoms with Gasteiger partial charge in [-0.25, -0.2) is 0 Å². The van der Waals surface area contributed by atoms with Gasteiger partial charge in [0, 0.05) is 58.9 Å². The van der Waals surface area contributed by atoms with Crippen LogP contribution < -0.4 is 16.4 Å². The molecule has 2 atom stereocenters. The maximum atomic E-state index is 13.0. The third-order valence-corrected chi connectivity index (χ3v) is 7.17. The van der Waals surface area contributed by atoms with Gasteiger partial charge in [0.05, 0.1) is 38.6 Å². The quantitative estimate of drug-likeness (QED) is 0.0717. The third kappa shape index (κ3) is 18.6. The third-order valence-electron chi connectivity index (χ3n) is 7.17. The zero-order valence-electron chi connectivity index (χ0n) is 25.7. The minimum absolute atomic E-state index is 0.146. The van der Waals surface area contributed by atoms with E-state index >= 15 is 0 Å². The number of unbranched alkanes of at least 4 members (excludes halogenated alkanes) is 1. The second-order valence-electron chi connectivity index (χ2n) is 11.0. The monoisotopic (exact) mass is 645 g/mol. The summed E-state index contributed by atoms with van der Waals surface area (Å²) in [4.78, 5) is 89.1. The smallest absolute Gasteiger partial charge is 0.317 e. The van der Waals surface area contributed by atoms with Gasteiger partial charge in [0.2, 0.25) is 11.8 Å². The molecule has 0 aromatic rings. The van der Waals surface area contributed by atoms with Gasteiger partial charge in [-0.15, -0.1) is 0 Å². The standard InChI is InChI=1S/C27H47N7O11/c1-19(35)20(28)4-2-3-5-29-27(45)21(14-23(37)38)30-22(36)15-31-6-8-32(16-24(39)40)10-12-34(18-26(43)44)13-11-33(9-7-31)17-25(41)42/h20-21H,2-18,28H2,1H3,(H,29,45)(H,30,36)(H,37,38)(H,39,40)(H,41,42)(H,43,44)/t20-,21+/m0/s1. The number of rotatable bonds is 18. The molecule has 8 N–H and O–H groups in total. The lowest BCUT2D eigenvalue weighted by Gasteiger charge is -2.33. The van der Waals surface area contributed by atoms with Crippen molar-refractivity contribution in [3.8, 4) is 0 Å². The van der Waals surface area contributed by atoms with Crippen LogP contribution in [0.5, 0.6) is 0 Å². The van der Waals surface area contributed by atoms with Crippen molar-refractivity contribution < 1.29 is 54.0 Å². The molecule has 2 amide bonds. The lowest BCUT2D eigenvalue weighted by atomic mass is 10.1. The van der Waals surface area contributed by atoms with Gasteiger partial charge >= 0.3 is 23.9 Å². The molecule has 0 radical (unpaired) electrons. The number of aliphatic carboxylic acids is 4.